The zero-order chi connectivity index (χ0) is 16.4. The molecule has 1 aromatic carbocycles. The summed E-state index contributed by atoms with van der Waals surface area (Å²) in [6.07, 6.45) is 0. The first-order valence-electron chi connectivity index (χ1n) is 6.91. The highest BCUT2D eigenvalue weighted by Crippen LogP contribution is 2.26. The van der Waals surface area contributed by atoms with Gasteiger partial charge in [0.05, 0.1) is 22.9 Å². The van der Waals surface area contributed by atoms with Crippen LogP contribution in [0.3, 0.4) is 0 Å². The number of thiazole rings is 1. The molecule has 6 heteroatoms. The zero-order valence-corrected chi connectivity index (χ0v) is 13.4. The van der Waals surface area contributed by atoms with Gasteiger partial charge in [0, 0.05) is 10.9 Å². The Balaban J connectivity index is 1.78. The SMILES string of the molecule is Cc1cc(C(=O)Nc2nc(-c3ccc(C#N)cc3)cs2)c(C)o1. The molecule has 0 saturated heterocycles. The summed E-state index contributed by atoms with van der Waals surface area (Å²) in [5.41, 5.74) is 2.77. The number of furan rings is 1. The second kappa shape index (κ2) is 6.07. The average Bonchev–Trinajstić information content (AvgIpc) is 3.13. The number of aromatic nitrogens is 1. The van der Waals surface area contributed by atoms with Crippen molar-refractivity contribution in [1.82, 2.24) is 4.98 Å². The summed E-state index contributed by atoms with van der Waals surface area (Å²) in [6, 6.07) is 10.9. The van der Waals surface area contributed by atoms with Crippen molar-refractivity contribution in [2.24, 2.45) is 0 Å². The third kappa shape index (κ3) is 3.15. The Morgan fingerprint density at radius 3 is 2.65 bits per heavy atom. The van der Waals surface area contributed by atoms with Crippen LogP contribution in [0.1, 0.15) is 27.4 Å². The van der Waals surface area contributed by atoms with Crippen LogP contribution >= 0.6 is 11.3 Å². The normalized spacial score (nSPS) is 10.3. The molecule has 0 radical (unpaired) electrons. The van der Waals surface area contributed by atoms with Crippen LogP contribution in [0.4, 0.5) is 5.13 Å². The summed E-state index contributed by atoms with van der Waals surface area (Å²) < 4.78 is 5.37. The molecule has 0 aliphatic rings. The standard InChI is InChI=1S/C17H13N3O2S/c1-10-7-14(11(2)22-10)16(21)20-17-19-15(9-23-17)13-5-3-12(8-18)4-6-13/h3-7,9H,1-2H3,(H,19,20,21). The van der Waals surface area contributed by atoms with Gasteiger partial charge in [0.15, 0.2) is 5.13 Å². The number of rotatable bonds is 3. The molecule has 114 valence electrons. The maximum atomic E-state index is 12.2. The van der Waals surface area contributed by atoms with Crippen molar-refractivity contribution in [3.05, 3.63) is 58.4 Å². The van der Waals surface area contributed by atoms with Crippen molar-refractivity contribution in [3.63, 3.8) is 0 Å². The highest BCUT2D eigenvalue weighted by atomic mass is 32.1. The molecular formula is C17H13N3O2S. The molecule has 0 aliphatic carbocycles. The summed E-state index contributed by atoms with van der Waals surface area (Å²) >= 11 is 1.35. The molecule has 1 N–H and O–H groups in total. The largest absolute Gasteiger partial charge is 0.466 e. The van der Waals surface area contributed by atoms with E-state index in [1.807, 2.05) is 17.5 Å². The van der Waals surface area contributed by atoms with Crippen molar-refractivity contribution < 1.29 is 9.21 Å². The Labute approximate surface area is 137 Å². The number of benzene rings is 1. The molecule has 1 amide bonds. The number of nitriles is 1. The molecule has 3 aromatic rings. The van der Waals surface area contributed by atoms with Gasteiger partial charge in [-0.15, -0.1) is 11.3 Å². The second-order valence-corrected chi connectivity index (χ2v) is 5.87. The lowest BCUT2D eigenvalue weighted by atomic mass is 10.1. The Morgan fingerprint density at radius 2 is 2.04 bits per heavy atom. The van der Waals surface area contributed by atoms with Gasteiger partial charge in [-0.05, 0) is 32.0 Å². The fraction of sp³-hybridized carbons (Fsp3) is 0.118. The Bertz CT molecular complexity index is 901. The average molecular weight is 323 g/mol. The van der Waals surface area contributed by atoms with E-state index >= 15 is 0 Å². The lowest BCUT2D eigenvalue weighted by molar-refractivity contribution is 0.102. The van der Waals surface area contributed by atoms with Gasteiger partial charge in [-0.2, -0.15) is 5.26 Å². The minimum absolute atomic E-state index is 0.236. The molecule has 0 bridgehead atoms. The van der Waals surface area contributed by atoms with E-state index in [4.69, 9.17) is 9.68 Å². The first kappa shape index (κ1) is 15.0. The fourth-order valence-electron chi connectivity index (χ4n) is 2.20. The van der Waals surface area contributed by atoms with Crippen molar-refractivity contribution in [2.45, 2.75) is 13.8 Å². The maximum absolute atomic E-state index is 12.2. The van der Waals surface area contributed by atoms with Crippen molar-refractivity contribution in [1.29, 1.82) is 5.26 Å². The molecule has 0 saturated carbocycles. The number of nitrogens with zero attached hydrogens (tertiary/aromatic N) is 2. The minimum Gasteiger partial charge on any atom is -0.466 e. The van der Waals surface area contributed by atoms with Crippen LogP contribution in [0, 0.1) is 25.2 Å². The first-order valence-corrected chi connectivity index (χ1v) is 7.79. The molecule has 0 unspecified atom stereocenters. The minimum atomic E-state index is -0.236. The number of hydrogen-bond acceptors (Lipinski definition) is 5. The molecule has 0 atom stereocenters. The number of amides is 1. The van der Waals surface area contributed by atoms with Gasteiger partial charge < -0.3 is 4.42 Å². The van der Waals surface area contributed by atoms with Gasteiger partial charge in [0.1, 0.15) is 11.5 Å². The van der Waals surface area contributed by atoms with E-state index in [1.54, 1.807) is 32.0 Å². The summed E-state index contributed by atoms with van der Waals surface area (Å²) in [6.45, 7) is 3.56. The highest BCUT2D eigenvalue weighted by molar-refractivity contribution is 7.14. The third-order valence-electron chi connectivity index (χ3n) is 3.32. The maximum Gasteiger partial charge on any atom is 0.260 e. The summed E-state index contributed by atoms with van der Waals surface area (Å²) in [4.78, 5) is 16.6. The molecule has 3 rings (SSSR count). The first-order chi connectivity index (χ1) is 11.1. The predicted molar refractivity (Wildman–Crippen MR) is 88.4 cm³/mol. The van der Waals surface area contributed by atoms with E-state index < -0.39 is 0 Å². The molecule has 0 aliphatic heterocycles. The van der Waals surface area contributed by atoms with E-state index in [-0.39, 0.29) is 5.91 Å². The van der Waals surface area contributed by atoms with E-state index in [1.165, 1.54) is 11.3 Å². The van der Waals surface area contributed by atoms with E-state index in [2.05, 4.69) is 16.4 Å². The molecule has 2 heterocycles. The van der Waals surface area contributed by atoms with Gasteiger partial charge in [-0.1, -0.05) is 12.1 Å². The van der Waals surface area contributed by atoms with Gasteiger partial charge in [-0.25, -0.2) is 4.98 Å². The molecule has 0 spiro atoms. The summed E-state index contributed by atoms with van der Waals surface area (Å²) in [5.74, 6) is 1.05. The number of carbonyl (C=O) groups excluding carboxylic acids is 1. The highest BCUT2D eigenvalue weighted by Gasteiger charge is 2.15. The van der Waals surface area contributed by atoms with E-state index in [0.717, 1.165) is 11.3 Å². The molecule has 2 aromatic heterocycles. The Kier molecular flexibility index (Phi) is 3.96. The van der Waals surface area contributed by atoms with Gasteiger partial charge >= 0.3 is 0 Å². The topological polar surface area (TPSA) is 78.9 Å². The van der Waals surface area contributed by atoms with Crippen molar-refractivity contribution >= 4 is 22.4 Å². The van der Waals surface area contributed by atoms with Gasteiger partial charge in [-0.3, -0.25) is 10.1 Å². The number of anilines is 1. The number of carbonyl (C=O) groups is 1. The number of aryl methyl sites for hydroxylation is 2. The van der Waals surface area contributed by atoms with Crippen LogP contribution in [0.2, 0.25) is 0 Å². The fourth-order valence-corrected chi connectivity index (χ4v) is 2.91. The van der Waals surface area contributed by atoms with Crippen LogP contribution in [0.25, 0.3) is 11.3 Å². The molecule has 5 nitrogen and oxygen atoms in total. The van der Waals surface area contributed by atoms with E-state index in [9.17, 15) is 4.79 Å². The lowest BCUT2D eigenvalue weighted by Gasteiger charge is -2.00. The van der Waals surface area contributed by atoms with Crippen molar-refractivity contribution in [3.8, 4) is 17.3 Å². The van der Waals surface area contributed by atoms with Gasteiger partial charge in [0.25, 0.3) is 5.91 Å². The van der Waals surface area contributed by atoms with Gasteiger partial charge in [0.2, 0.25) is 0 Å². The van der Waals surface area contributed by atoms with Crippen LogP contribution in [0.15, 0.2) is 40.1 Å². The lowest BCUT2D eigenvalue weighted by Crippen LogP contribution is -2.11. The Morgan fingerprint density at radius 1 is 1.30 bits per heavy atom. The van der Waals surface area contributed by atoms with Crippen LogP contribution < -0.4 is 5.32 Å². The summed E-state index contributed by atoms with van der Waals surface area (Å²) in [5, 5.41) is 14.0. The molecule has 0 fully saturated rings. The van der Waals surface area contributed by atoms with Crippen LogP contribution in [-0.2, 0) is 0 Å². The smallest absolute Gasteiger partial charge is 0.260 e. The molecule has 23 heavy (non-hydrogen) atoms. The van der Waals surface area contributed by atoms with Crippen LogP contribution in [0.5, 0.6) is 0 Å². The second-order valence-electron chi connectivity index (χ2n) is 5.01. The number of hydrogen-bond donors (Lipinski definition) is 1. The van der Waals surface area contributed by atoms with Crippen molar-refractivity contribution in [2.75, 3.05) is 5.32 Å². The van der Waals surface area contributed by atoms with E-state index in [0.29, 0.717) is 27.8 Å². The number of nitrogens with one attached hydrogen (secondary N) is 1. The monoisotopic (exact) mass is 323 g/mol. The quantitative estimate of drug-likeness (QED) is 0.785. The van der Waals surface area contributed by atoms with Crippen LogP contribution in [-0.4, -0.2) is 10.9 Å². The third-order valence-corrected chi connectivity index (χ3v) is 4.08. The zero-order valence-electron chi connectivity index (χ0n) is 12.6. The summed E-state index contributed by atoms with van der Waals surface area (Å²) in [7, 11) is 0. The predicted octanol–water partition coefficient (Wildman–Crippen LogP) is 4.14. The molecular weight excluding hydrogens is 310 g/mol. The Hall–Kier alpha value is -2.91.